The van der Waals surface area contributed by atoms with Crippen molar-refractivity contribution in [1.82, 2.24) is 0 Å². The first-order chi connectivity index (χ1) is 8.49. The normalized spacial score (nSPS) is 14.4. The molecular weight excluding hydrogens is 251 g/mol. The van der Waals surface area contributed by atoms with Crippen LogP contribution in [0.5, 0.6) is 0 Å². The van der Waals surface area contributed by atoms with Gasteiger partial charge in [0.2, 0.25) is 0 Å². The Labute approximate surface area is 108 Å². The fourth-order valence-corrected chi connectivity index (χ4v) is 2.54. The van der Waals surface area contributed by atoms with E-state index in [0.29, 0.717) is 11.5 Å². The van der Waals surface area contributed by atoms with Gasteiger partial charge in [-0.1, -0.05) is 44.2 Å². The van der Waals surface area contributed by atoms with Crippen LogP contribution in [0.4, 0.5) is 0 Å². The second-order valence-electron chi connectivity index (χ2n) is 4.37. The van der Waals surface area contributed by atoms with Gasteiger partial charge in [0.25, 0.3) is 5.52 Å². The van der Waals surface area contributed by atoms with Gasteiger partial charge in [0, 0.05) is 12.7 Å². The molecule has 0 spiro atoms. The first-order valence-electron chi connectivity index (χ1n) is 5.90. The fraction of sp³-hybridized carbons (Fsp3) is 0.462. The Morgan fingerprint density at radius 3 is 2.39 bits per heavy atom. The summed E-state index contributed by atoms with van der Waals surface area (Å²) >= 11 is 0. The molecule has 0 aliphatic carbocycles. The highest BCUT2D eigenvalue weighted by molar-refractivity contribution is 7.72. The van der Waals surface area contributed by atoms with E-state index >= 15 is 0 Å². The van der Waals surface area contributed by atoms with Crippen LogP contribution in [0.3, 0.4) is 0 Å². The molecule has 1 rings (SSSR count). The summed E-state index contributed by atoms with van der Waals surface area (Å²) in [6, 6.07) is 8.40. The van der Waals surface area contributed by atoms with Crippen LogP contribution in [0.2, 0.25) is 0 Å². The van der Waals surface area contributed by atoms with E-state index in [-0.39, 0.29) is 6.61 Å². The van der Waals surface area contributed by atoms with Gasteiger partial charge >= 0.3 is 7.60 Å². The number of hydrogen-bond acceptors (Lipinski definition) is 4. The topological polar surface area (TPSA) is 52.6 Å². The number of hydrogen-bond donors (Lipinski definition) is 0. The zero-order valence-electron chi connectivity index (χ0n) is 11.0. The van der Waals surface area contributed by atoms with Gasteiger partial charge in [-0.2, -0.15) is 0 Å². The van der Waals surface area contributed by atoms with Gasteiger partial charge in [-0.05, 0) is 12.3 Å². The maximum absolute atomic E-state index is 12.3. The molecule has 0 N–H and O–H groups in total. The van der Waals surface area contributed by atoms with Crippen LogP contribution in [0.1, 0.15) is 30.6 Å². The second kappa shape index (κ2) is 6.83. The largest absolute Gasteiger partial charge is 0.401 e. The van der Waals surface area contributed by atoms with Crippen molar-refractivity contribution in [1.29, 1.82) is 0 Å². The summed E-state index contributed by atoms with van der Waals surface area (Å²) in [6.45, 7) is 4.31. The molecule has 0 aliphatic rings. The van der Waals surface area contributed by atoms with Crippen LogP contribution in [-0.4, -0.2) is 19.2 Å². The van der Waals surface area contributed by atoms with Crippen molar-refractivity contribution in [2.24, 2.45) is 5.92 Å². The van der Waals surface area contributed by atoms with Crippen molar-refractivity contribution in [2.45, 2.75) is 20.3 Å². The van der Waals surface area contributed by atoms with Crippen molar-refractivity contribution in [2.75, 3.05) is 13.7 Å². The molecule has 1 aromatic rings. The van der Waals surface area contributed by atoms with E-state index in [4.69, 9.17) is 9.05 Å². The van der Waals surface area contributed by atoms with E-state index in [1.165, 1.54) is 7.11 Å². The molecule has 100 valence electrons. The summed E-state index contributed by atoms with van der Waals surface area (Å²) in [5.74, 6) is 0.419. The molecule has 1 atom stereocenters. The number of rotatable bonds is 7. The maximum atomic E-state index is 12.3. The molecule has 18 heavy (non-hydrogen) atoms. The minimum atomic E-state index is -3.71. The molecule has 0 aromatic heterocycles. The standard InChI is InChI=1S/C13H19O4P/c1-11(2)9-10-17-18(15,16-3)13(14)12-7-5-4-6-8-12/h4-8,11H,9-10H2,1-3H3. The van der Waals surface area contributed by atoms with Crippen molar-refractivity contribution in [3.05, 3.63) is 35.9 Å². The van der Waals surface area contributed by atoms with Gasteiger partial charge in [0.1, 0.15) is 0 Å². The average Bonchev–Trinajstić information content (AvgIpc) is 2.38. The smallest absolute Gasteiger partial charge is 0.306 e. The van der Waals surface area contributed by atoms with Crippen LogP contribution < -0.4 is 0 Å². The van der Waals surface area contributed by atoms with Crippen LogP contribution in [0, 0.1) is 5.92 Å². The van der Waals surface area contributed by atoms with Crippen LogP contribution in [-0.2, 0) is 13.6 Å². The number of benzene rings is 1. The monoisotopic (exact) mass is 270 g/mol. The third-order valence-electron chi connectivity index (χ3n) is 2.47. The van der Waals surface area contributed by atoms with Crippen LogP contribution in [0.15, 0.2) is 30.3 Å². The zero-order chi connectivity index (χ0) is 13.6. The Bertz CT molecular complexity index is 428. The third-order valence-corrected chi connectivity index (χ3v) is 4.23. The first kappa shape index (κ1) is 15.1. The highest BCUT2D eigenvalue weighted by Crippen LogP contribution is 2.50. The predicted octanol–water partition coefficient (Wildman–Crippen LogP) is 3.73. The molecule has 1 unspecified atom stereocenters. The van der Waals surface area contributed by atoms with Gasteiger partial charge in [-0.25, -0.2) is 0 Å². The molecular formula is C13H19O4P. The van der Waals surface area contributed by atoms with E-state index in [1.807, 2.05) is 13.8 Å². The Morgan fingerprint density at radius 1 is 1.28 bits per heavy atom. The first-order valence-corrected chi connectivity index (χ1v) is 7.44. The Morgan fingerprint density at radius 2 is 1.89 bits per heavy atom. The quantitative estimate of drug-likeness (QED) is 0.708. The lowest BCUT2D eigenvalue weighted by Gasteiger charge is -2.15. The zero-order valence-corrected chi connectivity index (χ0v) is 11.9. The van der Waals surface area contributed by atoms with Crippen molar-refractivity contribution >= 4 is 13.1 Å². The molecule has 0 radical (unpaired) electrons. The Hall–Kier alpha value is -0.960. The summed E-state index contributed by atoms with van der Waals surface area (Å²) in [7, 11) is -2.48. The fourth-order valence-electron chi connectivity index (χ4n) is 1.34. The van der Waals surface area contributed by atoms with Gasteiger partial charge in [-0.15, -0.1) is 0 Å². The minimum Gasteiger partial charge on any atom is -0.306 e. The highest BCUT2D eigenvalue weighted by Gasteiger charge is 2.34. The van der Waals surface area contributed by atoms with E-state index in [0.717, 1.165) is 6.42 Å². The molecule has 1 aromatic carbocycles. The minimum absolute atomic E-state index is 0.251. The molecule has 5 heteroatoms. The Balaban J connectivity index is 2.75. The second-order valence-corrected chi connectivity index (χ2v) is 6.39. The van der Waals surface area contributed by atoms with Crippen LogP contribution >= 0.6 is 7.60 Å². The van der Waals surface area contributed by atoms with Crippen LogP contribution in [0.25, 0.3) is 0 Å². The Kier molecular flexibility index (Phi) is 5.73. The molecule has 0 aliphatic heterocycles. The number of carbonyl (C=O) groups is 1. The molecule has 0 fully saturated rings. The average molecular weight is 270 g/mol. The molecule has 0 heterocycles. The van der Waals surface area contributed by atoms with Crippen molar-refractivity contribution in [3.8, 4) is 0 Å². The molecule has 0 amide bonds. The summed E-state index contributed by atoms with van der Waals surface area (Å²) in [4.78, 5) is 12.1. The molecule has 0 saturated heterocycles. The summed E-state index contributed by atoms with van der Waals surface area (Å²) in [6.07, 6.45) is 0.732. The lowest BCUT2D eigenvalue weighted by atomic mass is 10.2. The predicted molar refractivity (Wildman–Crippen MR) is 70.8 cm³/mol. The molecule has 0 bridgehead atoms. The molecule has 4 nitrogen and oxygen atoms in total. The lowest BCUT2D eigenvalue weighted by Crippen LogP contribution is -2.07. The molecule has 0 saturated carbocycles. The van der Waals surface area contributed by atoms with E-state index in [1.54, 1.807) is 30.3 Å². The van der Waals surface area contributed by atoms with Crippen molar-refractivity contribution < 1.29 is 18.4 Å². The van der Waals surface area contributed by atoms with E-state index < -0.39 is 13.1 Å². The highest BCUT2D eigenvalue weighted by atomic mass is 31.2. The number of carbonyl (C=O) groups excluding carboxylic acids is 1. The van der Waals surface area contributed by atoms with Crippen molar-refractivity contribution in [3.63, 3.8) is 0 Å². The van der Waals surface area contributed by atoms with Gasteiger partial charge < -0.3 is 9.05 Å². The summed E-state index contributed by atoms with van der Waals surface area (Å²) in [5.41, 5.74) is -0.249. The summed E-state index contributed by atoms with van der Waals surface area (Å²) in [5, 5.41) is 0. The van der Waals surface area contributed by atoms with E-state index in [9.17, 15) is 9.36 Å². The third kappa shape index (κ3) is 4.05. The summed E-state index contributed by atoms with van der Waals surface area (Å²) < 4.78 is 22.3. The van der Waals surface area contributed by atoms with Gasteiger partial charge in [-0.3, -0.25) is 9.36 Å². The maximum Gasteiger partial charge on any atom is 0.401 e. The van der Waals surface area contributed by atoms with E-state index in [2.05, 4.69) is 0 Å². The lowest BCUT2D eigenvalue weighted by molar-refractivity contribution is 0.101. The van der Waals surface area contributed by atoms with Gasteiger partial charge in [0.05, 0.1) is 6.61 Å². The van der Waals surface area contributed by atoms with Gasteiger partial charge in [0.15, 0.2) is 0 Å². The SMILES string of the molecule is COP(=O)(OCCC(C)C)C(=O)c1ccccc1.